The smallest absolute Gasteiger partial charge is 0.254 e. The molecule has 6 nitrogen and oxygen atoms in total. The summed E-state index contributed by atoms with van der Waals surface area (Å²) in [5.74, 6) is 0.762. The second-order valence-electron chi connectivity index (χ2n) is 4.89. The molecule has 1 amide bonds. The van der Waals surface area contributed by atoms with E-state index >= 15 is 0 Å². The van der Waals surface area contributed by atoms with Crippen molar-refractivity contribution in [1.82, 2.24) is 15.3 Å². The fourth-order valence-corrected chi connectivity index (χ4v) is 1.93. The summed E-state index contributed by atoms with van der Waals surface area (Å²) in [5, 5.41) is 6.35. The van der Waals surface area contributed by atoms with Crippen LogP contribution >= 0.6 is 11.6 Å². The fourth-order valence-electron chi connectivity index (χ4n) is 1.75. The first kappa shape index (κ1) is 16.0. The standard InChI is InChI=1S/C15H17ClN4O2/c1-9(2)19-14(21)10-7-17-15(18-8-10)20-12-6-11(16)4-5-13(12)22-3/h4-9H,1-3H3,(H,19,21)(H,17,18,20). The molecular formula is C15H17ClN4O2. The van der Waals surface area contributed by atoms with Crippen molar-refractivity contribution in [3.8, 4) is 5.75 Å². The van der Waals surface area contributed by atoms with Crippen LogP contribution in [0.15, 0.2) is 30.6 Å². The molecule has 0 saturated carbocycles. The van der Waals surface area contributed by atoms with Crippen LogP contribution in [0.2, 0.25) is 5.02 Å². The number of nitrogens with zero attached hydrogens (tertiary/aromatic N) is 2. The van der Waals surface area contributed by atoms with Crippen LogP contribution in [-0.4, -0.2) is 29.0 Å². The van der Waals surface area contributed by atoms with Crippen molar-refractivity contribution in [2.24, 2.45) is 0 Å². The van der Waals surface area contributed by atoms with E-state index in [4.69, 9.17) is 16.3 Å². The van der Waals surface area contributed by atoms with Gasteiger partial charge < -0.3 is 15.4 Å². The number of hydrogen-bond donors (Lipinski definition) is 2. The number of carbonyl (C=O) groups is 1. The molecule has 1 heterocycles. The Kier molecular flexibility index (Phi) is 5.16. The van der Waals surface area contributed by atoms with Crippen molar-refractivity contribution in [2.45, 2.75) is 19.9 Å². The number of ether oxygens (including phenoxy) is 1. The molecule has 0 aliphatic carbocycles. The van der Waals surface area contributed by atoms with Crippen LogP contribution < -0.4 is 15.4 Å². The summed E-state index contributed by atoms with van der Waals surface area (Å²) in [4.78, 5) is 20.1. The third-order valence-electron chi connectivity index (χ3n) is 2.74. The van der Waals surface area contributed by atoms with Gasteiger partial charge in [0.05, 0.1) is 18.4 Å². The molecular weight excluding hydrogens is 304 g/mol. The van der Waals surface area contributed by atoms with Crippen molar-refractivity contribution < 1.29 is 9.53 Å². The predicted molar refractivity (Wildman–Crippen MR) is 85.9 cm³/mol. The highest BCUT2D eigenvalue weighted by atomic mass is 35.5. The lowest BCUT2D eigenvalue weighted by Gasteiger charge is -2.11. The van der Waals surface area contributed by atoms with Crippen molar-refractivity contribution >= 4 is 29.1 Å². The Morgan fingerprint density at radius 3 is 2.55 bits per heavy atom. The van der Waals surface area contributed by atoms with E-state index in [1.807, 2.05) is 13.8 Å². The predicted octanol–water partition coefficient (Wildman–Crippen LogP) is 3.02. The first-order valence-corrected chi connectivity index (χ1v) is 7.11. The molecule has 7 heteroatoms. The first-order chi connectivity index (χ1) is 10.5. The fraction of sp³-hybridized carbons (Fsp3) is 0.267. The molecule has 0 aliphatic heterocycles. The highest BCUT2D eigenvalue weighted by Crippen LogP contribution is 2.29. The Morgan fingerprint density at radius 2 is 1.95 bits per heavy atom. The van der Waals surface area contributed by atoms with Gasteiger partial charge in [-0.3, -0.25) is 4.79 Å². The van der Waals surface area contributed by atoms with E-state index in [0.29, 0.717) is 28.0 Å². The van der Waals surface area contributed by atoms with E-state index < -0.39 is 0 Å². The zero-order valence-corrected chi connectivity index (χ0v) is 13.3. The SMILES string of the molecule is COc1ccc(Cl)cc1Nc1ncc(C(=O)NC(C)C)cn1. The molecule has 0 spiro atoms. The highest BCUT2D eigenvalue weighted by Gasteiger charge is 2.10. The van der Waals surface area contributed by atoms with Crippen molar-refractivity contribution in [2.75, 3.05) is 12.4 Å². The summed E-state index contributed by atoms with van der Waals surface area (Å²) in [6, 6.07) is 5.24. The molecule has 1 aromatic heterocycles. The van der Waals surface area contributed by atoms with Crippen molar-refractivity contribution in [3.05, 3.63) is 41.2 Å². The van der Waals surface area contributed by atoms with Gasteiger partial charge in [-0.25, -0.2) is 9.97 Å². The Balaban J connectivity index is 2.15. The molecule has 0 radical (unpaired) electrons. The van der Waals surface area contributed by atoms with Crippen LogP contribution in [0.3, 0.4) is 0 Å². The van der Waals surface area contributed by atoms with Crippen LogP contribution in [0.25, 0.3) is 0 Å². The summed E-state index contributed by atoms with van der Waals surface area (Å²) in [6.07, 6.45) is 2.92. The average Bonchev–Trinajstić information content (AvgIpc) is 2.47. The zero-order valence-electron chi connectivity index (χ0n) is 12.6. The molecule has 22 heavy (non-hydrogen) atoms. The Labute approximate surface area is 133 Å². The van der Waals surface area contributed by atoms with Gasteiger partial charge in [-0.05, 0) is 32.0 Å². The first-order valence-electron chi connectivity index (χ1n) is 6.73. The minimum Gasteiger partial charge on any atom is -0.495 e. The maximum atomic E-state index is 11.8. The van der Waals surface area contributed by atoms with Gasteiger partial charge in [0.15, 0.2) is 0 Å². The summed E-state index contributed by atoms with van der Waals surface area (Å²) in [7, 11) is 1.56. The van der Waals surface area contributed by atoms with Gasteiger partial charge >= 0.3 is 0 Å². The van der Waals surface area contributed by atoms with E-state index in [9.17, 15) is 4.79 Å². The molecule has 0 atom stereocenters. The molecule has 2 aromatic rings. The number of aromatic nitrogens is 2. The van der Waals surface area contributed by atoms with E-state index in [2.05, 4.69) is 20.6 Å². The molecule has 2 N–H and O–H groups in total. The Bertz CT molecular complexity index is 659. The molecule has 2 rings (SSSR count). The molecule has 0 bridgehead atoms. The molecule has 116 valence electrons. The van der Waals surface area contributed by atoms with E-state index in [-0.39, 0.29) is 11.9 Å². The number of amides is 1. The zero-order chi connectivity index (χ0) is 16.1. The van der Waals surface area contributed by atoms with Crippen LogP contribution in [0.4, 0.5) is 11.6 Å². The van der Waals surface area contributed by atoms with Crippen LogP contribution in [0, 0.1) is 0 Å². The number of methoxy groups -OCH3 is 1. The maximum Gasteiger partial charge on any atom is 0.254 e. The molecule has 0 unspecified atom stereocenters. The Hall–Kier alpha value is -2.34. The summed E-state index contributed by atoms with van der Waals surface area (Å²) >= 11 is 5.97. The van der Waals surface area contributed by atoms with Gasteiger partial charge in [0.1, 0.15) is 5.75 Å². The number of hydrogen-bond acceptors (Lipinski definition) is 5. The topological polar surface area (TPSA) is 76.1 Å². The number of carbonyl (C=O) groups excluding carboxylic acids is 1. The van der Waals surface area contributed by atoms with Crippen molar-refractivity contribution in [3.63, 3.8) is 0 Å². The number of nitrogens with one attached hydrogen (secondary N) is 2. The second kappa shape index (κ2) is 7.09. The molecule has 1 aromatic carbocycles. The van der Waals surface area contributed by atoms with Gasteiger partial charge in [-0.2, -0.15) is 0 Å². The monoisotopic (exact) mass is 320 g/mol. The van der Waals surface area contributed by atoms with Crippen LogP contribution in [0.1, 0.15) is 24.2 Å². The maximum absolute atomic E-state index is 11.8. The minimum absolute atomic E-state index is 0.0565. The third kappa shape index (κ3) is 4.08. The van der Waals surface area contributed by atoms with Gasteiger partial charge in [-0.15, -0.1) is 0 Å². The van der Waals surface area contributed by atoms with Gasteiger partial charge in [-0.1, -0.05) is 11.6 Å². The van der Waals surface area contributed by atoms with E-state index in [1.54, 1.807) is 25.3 Å². The van der Waals surface area contributed by atoms with E-state index in [1.165, 1.54) is 12.4 Å². The molecule has 0 aliphatic rings. The lowest BCUT2D eigenvalue weighted by molar-refractivity contribution is 0.0942. The van der Waals surface area contributed by atoms with Crippen molar-refractivity contribution in [1.29, 1.82) is 0 Å². The Morgan fingerprint density at radius 1 is 1.27 bits per heavy atom. The summed E-state index contributed by atoms with van der Waals surface area (Å²) < 4.78 is 5.24. The van der Waals surface area contributed by atoms with Crippen LogP contribution in [0.5, 0.6) is 5.75 Å². The van der Waals surface area contributed by atoms with E-state index in [0.717, 1.165) is 0 Å². The molecule has 0 fully saturated rings. The lowest BCUT2D eigenvalue weighted by atomic mass is 10.3. The average molecular weight is 321 g/mol. The number of halogens is 1. The minimum atomic E-state index is -0.207. The van der Waals surface area contributed by atoms with Crippen LogP contribution in [-0.2, 0) is 0 Å². The third-order valence-corrected chi connectivity index (χ3v) is 2.98. The van der Waals surface area contributed by atoms with Gasteiger partial charge in [0, 0.05) is 23.5 Å². The van der Waals surface area contributed by atoms with Gasteiger partial charge in [0.2, 0.25) is 5.95 Å². The normalized spacial score (nSPS) is 10.4. The number of benzene rings is 1. The second-order valence-corrected chi connectivity index (χ2v) is 5.33. The summed E-state index contributed by atoms with van der Waals surface area (Å²) in [6.45, 7) is 3.78. The number of rotatable bonds is 5. The quantitative estimate of drug-likeness (QED) is 0.885. The molecule has 0 saturated heterocycles. The van der Waals surface area contributed by atoms with Gasteiger partial charge in [0.25, 0.3) is 5.91 Å². The summed E-state index contributed by atoms with van der Waals surface area (Å²) in [5.41, 5.74) is 1.05. The lowest BCUT2D eigenvalue weighted by Crippen LogP contribution is -2.30. The highest BCUT2D eigenvalue weighted by molar-refractivity contribution is 6.31. The number of anilines is 2. The largest absolute Gasteiger partial charge is 0.495 e.